The SMILES string of the molecule is CC(C(=O)O)N(C)S(=O)(=O)c1ccc(Br)cc1C(F)(F)F. The molecule has 118 valence electrons. The third-order valence-corrected chi connectivity index (χ3v) is 5.29. The van der Waals surface area contributed by atoms with E-state index in [1.807, 2.05) is 0 Å². The van der Waals surface area contributed by atoms with E-state index in [0.717, 1.165) is 26.1 Å². The largest absolute Gasteiger partial charge is 0.480 e. The van der Waals surface area contributed by atoms with E-state index < -0.39 is 38.7 Å². The number of alkyl halides is 3. The molecule has 0 spiro atoms. The lowest BCUT2D eigenvalue weighted by Gasteiger charge is -2.23. The van der Waals surface area contributed by atoms with Crippen LogP contribution in [-0.2, 0) is 21.0 Å². The van der Waals surface area contributed by atoms with Crippen LogP contribution in [0.4, 0.5) is 13.2 Å². The zero-order valence-electron chi connectivity index (χ0n) is 10.8. The van der Waals surface area contributed by atoms with Crippen LogP contribution in [0.3, 0.4) is 0 Å². The van der Waals surface area contributed by atoms with Crippen molar-refractivity contribution in [3.8, 4) is 0 Å². The number of carboxylic acid groups (broad SMARTS) is 1. The van der Waals surface area contributed by atoms with Gasteiger partial charge in [-0.05, 0) is 25.1 Å². The molecule has 0 heterocycles. The lowest BCUT2D eigenvalue weighted by atomic mass is 10.2. The summed E-state index contributed by atoms with van der Waals surface area (Å²) in [6, 6.07) is 1.06. The molecule has 0 radical (unpaired) electrons. The minimum Gasteiger partial charge on any atom is -0.480 e. The Morgan fingerprint density at radius 3 is 2.33 bits per heavy atom. The highest BCUT2D eigenvalue weighted by Crippen LogP contribution is 2.37. The third kappa shape index (κ3) is 3.74. The predicted octanol–water partition coefficient (Wildman–Crippen LogP) is 2.56. The first-order valence-electron chi connectivity index (χ1n) is 5.46. The second-order valence-electron chi connectivity index (χ2n) is 4.17. The van der Waals surface area contributed by atoms with E-state index in [-0.39, 0.29) is 4.47 Å². The molecule has 0 saturated carbocycles. The summed E-state index contributed by atoms with van der Waals surface area (Å²) in [6.45, 7) is 1.06. The normalized spacial score (nSPS) is 14.2. The van der Waals surface area contributed by atoms with Crippen LogP contribution < -0.4 is 0 Å². The summed E-state index contributed by atoms with van der Waals surface area (Å²) in [5.74, 6) is -1.47. The summed E-state index contributed by atoms with van der Waals surface area (Å²) in [7, 11) is -3.69. The van der Waals surface area contributed by atoms with E-state index in [4.69, 9.17) is 5.11 Å². The van der Waals surface area contributed by atoms with Crippen molar-refractivity contribution in [2.24, 2.45) is 0 Å². The number of carboxylic acids is 1. The smallest absolute Gasteiger partial charge is 0.417 e. The Labute approximate surface area is 127 Å². The van der Waals surface area contributed by atoms with E-state index in [9.17, 15) is 26.4 Å². The van der Waals surface area contributed by atoms with Gasteiger partial charge in [-0.25, -0.2) is 8.42 Å². The first kappa shape index (κ1) is 17.9. The monoisotopic (exact) mass is 389 g/mol. The molecule has 1 N–H and O–H groups in total. The van der Waals surface area contributed by atoms with Crippen LogP contribution >= 0.6 is 15.9 Å². The molecular weight excluding hydrogens is 379 g/mol. The van der Waals surface area contributed by atoms with Gasteiger partial charge in [0.1, 0.15) is 6.04 Å². The molecule has 0 aliphatic rings. The number of hydrogen-bond donors (Lipinski definition) is 1. The topological polar surface area (TPSA) is 74.7 Å². The van der Waals surface area contributed by atoms with Gasteiger partial charge in [0.05, 0.1) is 10.5 Å². The number of likely N-dealkylation sites (N-methyl/N-ethyl adjacent to an activating group) is 1. The van der Waals surface area contributed by atoms with Crippen molar-refractivity contribution >= 4 is 31.9 Å². The summed E-state index contributed by atoms with van der Waals surface area (Å²) in [5, 5.41) is 8.80. The quantitative estimate of drug-likeness (QED) is 0.858. The van der Waals surface area contributed by atoms with Gasteiger partial charge in [-0.3, -0.25) is 4.79 Å². The lowest BCUT2D eigenvalue weighted by Crippen LogP contribution is -2.40. The number of benzene rings is 1. The third-order valence-electron chi connectivity index (χ3n) is 2.81. The van der Waals surface area contributed by atoms with Gasteiger partial charge in [0.25, 0.3) is 0 Å². The lowest BCUT2D eigenvalue weighted by molar-refractivity contribution is -0.140. The first-order valence-corrected chi connectivity index (χ1v) is 7.70. The van der Waals surface area contributed by atoms with Crippen LogP contribution in [0.15, 0.2) is 27.6 Å². The highest BCUT2D eigenvalue weighted by atomic mass is 79.9. The molecule has 5 nitrogen and oxygen atoms in total. The minimum absolute atomic E-state index is 0.0581. The van der Waals surface area contributed by atoms with Crippen molar-refractivity contribution < 1.29 is 31.5 Å². The summed E-state index contributed by atoms with van der Waals surface area (Å²) in [6.07, 6.45) is -4.89. The molecule has 1 rings (SSSR count). The summed E-state index contributed by atoms with van der Waals surface area (Å²) < 4.78 is 63.7. The highest BCUT2D eigenvalue weighted by Gasteiger charge is 2.40. The number of nitrogens with zero attached hydrogens (tertiary/aromatic N) is 1. The van der Waals surface area contributed by atoms with Gasteiger partial charge in [-0.2, -0.15) is 17.5 Å². The van der Waals surface area contributed by atoms with E-state index in [1.54, 1.807) is 0 Å². The van der Waals surface area contributed by atoms with Gasteiger partial charge in [0, 0.05) is 11.5 Å². The van der Waals surface area contributed by atoms with Gasteiger partial charge in [0.2, 0.25) is 10.0 Å². The Bertz CT molecular complexity index is 660. The molecular formula is C11H11BrF3NO4S. The molecule has 21 heavy (non-hydrogen) atoms. The van der Waals surface area contributed by atoms with Crippen molar-refractivity contribution in [2.75, 3.05) is 7.05 Å². The molecule has 0 aliphatic carbocycles. The van der Waals surface area contributed by atoms with Crippen molar-refractivity contribution in [2.45, 2.75) is 24.0 Å². The maximum atomic E-state index is 13.0. The van der Waals surface area contributed by atoms with E-state index in [0.29, 0.717) is 10.4 Å². The molecule has 0 fully saturated rings. The Hall–Kier alpha value is -1.13. The van der Waals surface area contributed by atoms with Gasteiger partial charge in [0.15, 0.2) is 0 Å². The molecule has 1 atom stereocenters. The Balaban J connectivity index is 3.49. The summed E-state index contributed by atoms with van der Waals surface area (Å²) >= 11 is 2.84. The van der Waals surface area contributed by atoms with Crippen LogP contribution in [0, 0.1) is 0 Å². The zero-order valence-corrected chi connectivity index (χ0v) is 13.3. The first-order chi connectivity index (χ1) is 9.39. The average molecular weight is 390 g/mol. The Morgan fingerprint density at radius 1 is 1.38 bits per heavy atom. The van der Waals surface area contributed by atoms with Crippen molar-refractivity contribution in [1.82, 2.24) is 4.31 Å². The Kier molecular flexibility index (Phi) is 5.06. The van der Waals surface area contributed by atoms with Crippen LogP contribution in [0.2, 0.25) is 0 Å². The number of carbonyl (C=O) groups is 1. The number of sulfonamides is 1. The van der Waals surface area contributed by atoms with Crippen LogP contribution in [0.25, 0.3) is 0 Å². The second kappa shape index (κ2) is 5.93. The van der Waals surface area contributed by atoms with Crippen molar-refractivity contribution in [1.29, 1.82) is 0 Å². The van der Waals surface area contributed by atoms with E-state index >= 15 is 0 Å². The maximum Gasteiger partial charge on any atom is 0.417 e. The molecule has 0 aromatic heterocycles. The van der Waals surface area contributed by atoms with Gasteiger partial charge >= 0.3 is 12.1 Å². The molecule has 10 heteroatoms. The number of hydrogen-bond acceptors (Lipinski definition) is 3. The molecule has 0 aliphatic heterocycles. The van der Waals surface area contributed by atoms with Gasteiger partial charge in [-0.15, -0.1) is 0 Å². The standard InChI is InChI=1S/C11H11BrF3NO4S/c1-6(10(17)18)16(2)21(19,20)9-4-3-7(12)5-8(9)11(13,14)15/h3-6H,1-2H3,(H,17,18). The average Bonchev–Trinajstić information content (AvgIpc) is 2.35. The maximum absolute atomic E-state index is 13.0. The molecule has 0 bridgehead atoms. The summed E-state index contributed by atoms with van der Waals surface area (Å²) in [4.78, 5) is 9.83. The molecule has 0 saturated heterocycles. The number of halogens is 4. The fourth-order valence-corrected chi connectivity index (χ4v) is 3.34. The molecule has 1 aromatic rings. The molecule has 1 aromatic carbocycles. The molecule has 0 amide bonds. The minimum atomic E-state index is -4.89. The fraction of sp³-hybridized carbons (Fsp3) is 0.364. The van der Waals surface area contributed by atoms with E-state index in [2.05, 4.69) is 15.9 Å². The summed E-state index contributed by atoms with van der Waals surface area (Å²) in [5.41, 5.74) is -1.36. The predicted molar refractivity (Wildman–Crippen MR) is 71.2 cm³/mol. The van der Waals surface area contributed by atoms with Crippen LogP contribution in [-0.4, -0.2) is 36.9 Å². The Morgan fingerprint density at radius 2 is 1.90 bits per heavy atom. The van der Waals surface area contributed by atoms with Gasteiger partial charge in [-0.1, -0.05) is 15.9 Å². The number of rotatable bonds is 4. The number of aliphatic carboxylic acids is 1. The van der Waals surface area contributed by atoms with Crippen molar-refractivity contribution in [3.63, 3.8) is 0 Å². The highest BCUT2D eigenvalue weighted by molar-refractivity contribution is 9.10. The van der Waals surface area contributed by atoms with Gasteiger partial charge < -0.3 is 5.11 Å². The zero-order chi connectivity index (χ0) is 16.6. The molecule has 1 unspecified atom stereocenters. The fourth-order valence-electron chi connectivity index (χ4n) is 1.47. The van der Waals surface area contributed by atoms with Crippen LogP contribution in [0.5, 0.6) is 0 Å². The second-order valence-corrected chi connectivity index (χ2v) is 7.06. The van der Waals surface area contributed by atoms with E-state index in [1.165, 1.54) is 0 Å². The van der Waals surface area contributed by atoms with Crippen LogP contribution in [0.1, 0.15) is 12.5 Å². The van der Waals surface area contributed by atoms with Crippen molar-refractivity contribution in [3.05, 3.63) is 28.2 Å².